The van der Waals surface area contributed by atoms with Crippen molar-refractivity contribution in [2.45, 2.75) is 45.1 Å². The van der Waals surface area contributed by atoms with Crippen molar-refractivity contribution >= 4 is 11.8 Å². The molecule has 0 aliphatic heterocycles. The van der Waals surface area contributed by atoms with Crippen LogP contribution in [-0.4, -0.2) is 18.3 Å². The van der Waals surface area contributed by atoms with Gasteiger partial charge in [0.1, 0.15) is 5.82 Å². The van der Waals surface area contributed by atoms with E-state index in [2.05, 4.69) is 33.0 Å². The van der Waals surface area contributed by atoms with E-state index in [1.165, 1.54) is 6.07 Å². The molecule has 1 aromatic carbocycles. The minimum Gasteiger partial charge on any atom is -0.313 e. The van der Waals surface area contributed by atoms with Gasteiger partial charge in [0.05, 0.1) is 0 Å². The lowest BCUT2D eigenvalue weighted by Gasteiger charge is -2.31. The molecular formula is C15H24FNS. The minimum absolute atomic E-state index is 0.158. The molecule has 0 aliphatic rings. The van der Waals surface area contributed by atoms with Crippen molar-refractivity contribution in [3.63, 3.8) is 0 Å². The highest BCUT2D eigenvalue weighted by atomic mass is 32.2. The number of nitrogens with one attached hydrogen (secondary N) is 1. The zero-order valence-corrected chi connectivity index (χ0v) is 12.6. The zero-order chi connectivity index (χ0) is 13.6. The lowest BCUT2D eigenvalue weighted by molar-refractivity contribution is 0.292. The highest BCUT2D eigenvalue weighted by molar-refractivity contribution is 7.99. The Balaban J connectivity index is 2.56. The van der Waals surface area contributed by atoms with Gasteiger partial charge in [-0.2, -0.15) is 0 Å². The first-order valence-corrected chi connectivity index (χ1v) is 7.54. The Labute approximate surface area is 115 Å². The predicted molar refractivity (Wildman–Crippen MR) is 78.7 cm³/mol. The monoisotopic (exact) mass is 269 g/mol. The van der Waals surface area contributed by atoms with E-state index >= 15 is 0 Å². The standard InChI is InChI=1S/C15H24FNS/c1-5-9-17-14(15(2,3)4)11-18-13-8-6-7-12(16)10-13/h6-8,10,14,17H,5,9,11H2,1-4H3. The Morgan fingerprint density at radius 3 is 2.61 bits per heavy atom. The second-order valence-corrected chi connectivity index (χ2v) is 6.73. The Hall–Kier alpha value is -0.540. The Kier molecular flexibility index (Phi) is 6.16. The molecule has 1 N–H and O–H groups in total. The van der Waals surface area contributed by atoms with Crippen molar-refractivity contribution < 1.29 is 4.39 Å². The summed E-state index contributed by atoms with van der Waals surface area (Å²) in [6.07, 6.45) is 1.14. The average Bonchev–Trinajstić information content (AvgIpc) is 2.27. The Bertz CT molecular complexity index is 360. The smallest absolute Gasteiger partial charge is 0.124 e. The second kappa shape index (κ2) is 7.15. The van der Waals surface area contributed by atoms with Gasteiger partial charge in [0, 0.05) is 16.7 Å². The van der Waals surface area contributed by atoms with E-state index in [4.69, 9.17) is 0 Å². The molecule has 0 aromatic heterocycles. The highest BCUT2D eigenvalue weighted by Crippen LogP contribution is 2.26. The molecule has 1 unspecified atom stereocenters. The number of hydrogen-bond acceptors (Lipinski definition) is 2. The first kappa shape index (κ1) is 15.5. The summed E-state index contributed by atoms with van der Waals surface area (Å²) in [5.74, 6) is 0.807. The molecule has 0 saturated heterocycles. The molecule has 3 heteroatoms. The third kappa shape index (κ3) is 5.40. The van der Waals surface area contributed by atoms with E-state index in [9.17, 15) is 4.39 Å². The molecule has 1 atom stereocenters. The Morgan fingerprint density at radius 2 is 2.06 bits per heavy atom. The van der Waals surface area contributed by atoms with Crippen LogP contribution in [0.1, 0.15) is 34.1 Å². The van der Waals surface area contributed by atoms with Gasteiger partial charge in [0.2, 0.25) is 0 Å². The third-order valence-corrected chi connectivity index (χ3v) is 3.99. The van der Waals surface area contributed by atoms with Crippen molar-refractivity contribution in [1.82, 2.24) is 5.32 Å². The molecule has 0 bridgehead atoms. The molecule has 0 heterocycles. The first-order chi connectivity index (χ1) is 8.43. The van der Waals surface area contributed by atoms with Gasteiger partial charge < -0.3 is 5.32 Å². The van der Waals surface area contributed by atoms with Crippen LogP contribution >= 0.6 is 11.8 Å². The summed E-state index contributed by atoms with van der Waals surface area (Å²) in [5.41, 5.74) is 0.218. The van der Waals surface area contributed by atoms with Gasteiger partial charge in [-0.25, -0.2) is 4.39 Å². The SMILES string of the molecule is CCCNC(CSc1cccc(F)c1)C(C)(C)C. The lowest BCUT2D eigenvalue weighted by atomic mass is 9.88. The molecule has 0 aliphatic carbocycles. The molecule has 1 aromatic rings. The van der Waals surface area contributed by atoms with Crippen LogP contribution in [0.2, 0.25) is 0 Å². The fraction of sp³-hybridized carbons (Fsp3) is 0.600. The van der Waals surface area contributed by atoms with Gasteiger partial charge in [-0.05, 0) is 36.6 Å². The van der Waals surface area contributed by atoms with Gasteiger partial charge in [0.15, 0.2) is 0 Å². The summed E-state index contributed by atoms with van der Waals surface area (Å²) in [6.45, 7) is 9.93. The van der Waals surface area contributed by atoms with E-state index in [-0.39, 0.29) is 11.2 Å². The van der Waals surface area contributed by atoms with Gasteiger partial charge in [-0.15, -0.1) is 11.8 Å². The molecule has 102 valence electrons. The maximum Gasteiger partial charge on any atom is 0.124 e. The van der Waals surface area contributed by atoms with Crippen molar-refractivity contribution in [2.75, 3.05) is 12.3 Å². The predicted octanol–water partition coefficient (Wildman–Crippen LogP) is 4.33. The van der Waals surface area contributed by atoms with E-state index in [0.29, 0.717) is 6.04 Å². The van der Waals surface area contributed by atoms with Crippen LogP contribution in [-0.2, 0) is 0 Å². The largest absolute Gasteiger partial charge is 0.313 e. The number of rotatable bonds is 6. The van der Waals surface area contributed by atoms with Gasteiger partial charge >= 0.3 is 0 Å². The van der Waals surface area contributed by atoms with E-state index < -0.39 is 0 Å². The number of thioether (sulfide) groups is 1. The first-order valence-electron chi connectivity index (χ1n) is 6.55. The van der Waals surface area contributed by atoms with Crippen molar-refractivity contribution in [3.8, 4) is 0 Å². The molecule has 0 spiro atoms. The molecular weight excluding hydrogens is 245 g/mol. The third-order valence-electron chi connectivity index (χ3n) is 2.90. The Morgan fingerprint density at radius 1 is 1.33 bits per heavy atom. The van der Waals surface area contributed by atoms with Crippen LogP contribution in [0, 0.1) is 11.2 Å². The lowest BCUT2D eigenvalue weighted by Crippen LogP contribution is -2.42. The summed E-state index contributed by atoms with van der Waals surface area (Å²) < 4.78 is 13.1. The summed E-state index contributed by atoms with van der Waals surface area (Å²) in [6, 6.07) is 7.26. The summed E-state index contributed by atoms with van der Waals surface area (Å²) in [7, 11) is 0. The zero-order valence-electron chi connectivity index (χ0n) is 11.8. The number of hydrogen-bond donors (Lipinski definition) is 1. The van der Waals surface area contributed by atoms with E-state index in [0.717, 1.165) is 23.6 Å². The van der Waals surface area contributed by atoms with Crippen LogP contribution in [0.3, 0.4) is 0 Å². The molecule has 18 heavy (non-hydrogen) atoms. The molecule has 1 rings (SSSR count). The second-order valence-electron chi connectivity index (χ2n) is 5.64. The van der Waals surface area contributed by atoms with Crippen LogP contribution in [0.5, 0.6) is 0 Å². The topological polar surface area (TPSA) is 12.0 Å². The maximum atomic E-state index is 13.1. The quantitative estimate of drug-likeness (QED) is 0.771. The average molecular weight is 269 g/mol. The van der Waals surface area contributed by atoms with Crippen molar-refractivity contribution in [2.24, 2.45) is 5.41 Å². The van der Waals surface area contributed by atoms with Gasteiger partial charge in [-0.3, -0.25) is 0 Å². The molecule has 0 fully saturated rings. The summed E-state index contributed by atoms with van der Waals surface area (Å²) >= 11 is 1.72. The van der Waals surface area contributed by atoms with Crippen LogP contribution in [0.4, 0.5) is 4.39 Å². The minimum atomic E-state index is -0.158. The fourth-order valence-corrected chi connectivity index (χ4v) is 3.02. The molecule has 0 saturated carbocycles. The van der Waals surface area contributed by atoms with Crippen molar-refractivity contribution in [3.05, 3.63) is 30.1 Å². The molecule has 0 radical (unpaired) electrons. The fourth-order valence-electron chi connectivity index (χ4n) is 1.67. The maximum absolute atomic E-state index is 13.1. The number of halogens is 1. The van der Waals surface area contributed by atoms with Crippen LogP contribution in [0.15, 0.2) is 29.2 Å². The molecule has 1 nitrogen and oxygen atoms in total. The number of benzene rings is 1. The highest BCUT2D eigenvalue weighted by Gasteiger charge is 2.23. The van der Waals surface area contributed by atoms with Crippen LogP contribution < -0.4 is 5.32 Å². The van der Waals surface area contributed by atoms with E-state index in [1.54, 1.807) is 23.9 Å². The normalized spacial score (nSPS) is 13.6. The molecule has 0 amide bonds. The summed E-state index contributed by atoms with van der Waals surface area (Å²) in [5, 5.41) is 3.58. The van der Waals surface area contributed by atoms with Crippen LogP contribution in [0.25, 0.3) is 0 Å². The summed E-state index contributed by atoms with van der Waals surface area (Å²) in [4.78, 5) is 1.00. The van der Waals surface area contributed by atoms with E-state index in [1.807, 2.05) is 6.07 Å². The van der Waals surface area contributed by atoms with Gasteiger partial charge in [-0.1, -0.05) is 33.8 Å². The van der Waals surface area contributed by atoms with Crippen molar-refractivity contribution in [1.29, 1.82) is 0 Å². The van der Waals surface area contributed by atoms with Gasteiger partial charge in [0.25, 0.3) is 0 Å².